The van der Waals surface area contributed by atoms with Gasteiger partial charge in [0.05, 0.1) is 12.2 Å². The third-order valence-electron chi connectivity index (χ3n) is 3.96. The minimum Gasteiger partial charge on any atom is -0.490 e. The summed E-state index contributed by atoms with van der Waals surface area (Å²) in [6.07, 6.45) is 0. The van der Waals surface area contributed by atoms with Crippen LogP contribution < -0.4 is 20.3 Å². The second-order valence-corrected chi connectivity index (χ2v) is 7.41. The molecular weight excluding hydrogens is 440 g/mol. The van der Waals surface area contributed by atoms with Gasteiger partial charge in [-0.3, -0.25) is 20.4 Å². The van der Waals surface area contributed by atoms with Gasteiger partial charge >= 0.3 is 0 Å². The monoisotopic (exact) mass is 464 g/mol. The van der Waals surface area contributed by atoms with Gasteiger partial charge in [-0.2, -0.15) is 0 Å². The third-order valence-corrected chi connectivity index (χ3v) is 4.46. The van der Waals surface area contributed by atoms with Crippen LogP contribution in [-0.2, 0) is 9.53 Å². The molecule has 0 aliphatic heterocycles. The number of amides is 2. The molecule has 7 nitrogen and oxygen atoms in total. The highest BCUT2D eigenvalue weighted by Crippen LogP contribution is 2.23. The molecule has 0 heterocycles. The molecule has 0 saturated heterocycles. The minimum absolute atomic E-state index is 0.225. The lowest BCUT2D eigenvalue weighted by Crippen LogP contribution is -2.44. The first-order chi connectivity index (χ1) is 13.9. The van der Waals surface area contributed by atoms with Crippen LogP contribution >= 0.6 is 15.9 Å². The lowest BCUT2D eigenvalue weighted by molar-refractivity contribution is -0.123. The number of rotatable bonds is 9. The van der Waals surface area contributed by atoms with Gasteiger partial charge in [0.2, 0.25) is 0 Å². The topological polar surface area (TPSA) is 85.9 Å². The van der Waals surface area contributed by atoms with E-state index in [1.807, 2.05) is 24.3 Å². The van der Waals surface area contributed by atoms with Gasteiger partial charge in [0.1, 0.15) is 18.1 Å². The van der Waals surface area contributed by atoms with Crippen LogP contribution in [0.15, 0.2) is 46.9 Å². The Bertz CT molecular complexity index is 824. The molecule has 0 aromatic heterocycles. The molecule has 0 aliphatic rings. The average Bonchev–Trinajstić information content (AvgIpc) is 2.71. The Morgan fingerprint density at radius 3 is 2.38 bits per heavy atom. The number of hydrazine groups is 1. The Hall–Kier alpha value is -2.58. The highest BCUT2D eigenvalue weighted by Gasteiger charge is 2.14. The molecule has 2 rings (SSSR count). The molecule has 2 amide bonds. The van der Waals surface area contributed by atoms with E-state index in [1.165, 1.54) is 5.56 Å². The van der Waals surface area contributed by atoms with Gasteiger partial charge in [-0.15, -0.1) is 0 Å². The third kappa shape index (κ3) is 7.40. The van der Waals surface area contributed by atoms with Gasteiger partial charge in [0.25, 0.3) is 11.8 Å². The Balaban J connectivity index is 1.86. The first-order valence-corrected chi connectivity index (χ1v) is 9.93. The SMILES string of the molecule is COCCOc1ccc(Br)cc1C(=O)NNC(=O)COc1ccc(C(C)C)cc1. The molecule has 0 aliphatic carbocycles. The normalized spacial score (nSPS) is 10.5. The molecular formula is C21H25BrN2O5. The van der Waals surface area contributed by atoms with E-state index < -0.39 is 11.8 Å². The van der Waals surface area contributed by atoms with Crippen molar-refractivity contribution in [1.29, 1.82) is 0 Å². The fraction of sp³-hybridized carbons (Fsp3) is 0.333. The minimum atomic E-state index is -0.506. The first-order valence-electron chi connectivity index (χ1n) is 9.14. The molecule has 0 saturated carbocycles. The van der Waals surface area contributed by atoms with E-state index in [4.69, 9.17) is 14.2 Å². The summed E-state index contributed by atoms with van der Waals surface area (Å²) in [5.74, 6) is 0.399. The number of benzene rings is 2. The fourth-order valence-electron chi connectivity index (χ4n) is 2.37. The van der Waals surface area contributed by atoms with E-state index in [2.05, 4.69) is 40.6 Å². The van der Waals surface area contributed by atoms with Crippen molar-refractivity contribution >= 4 is 27.7 Å². The average molecular weight is 465 g/mol. The lowest BCUT2D eigenvalue weighted by atomic mass is 10.0. The molecule has 2 aromatic carbocycles. The van der Waals surface area contributed by atoms with Crippen molar-refractivity contribution in [3.8, 4) is 11.5 Å². The van der Waals surface area contributed by atoms with Crippen molar-refractivity contribution in [2.75, 3.05) is 26.9 Å². The van der Waals surface area contributed by atoms with Crippen LogP contribution in [0.2, 0.25) is 0 Å². The van der Waals surface area contributed by atoms with E-state index in [1.54, 1.807) is 25.3 Å². The highest BCUT2D eigenvalue weighted by molar-refractivity contribution is 9.10. The zero-order valence-electron chi connectivity index (χ0n) is 16.7. The summed E-state index contributed by atoms with van der Waals surface area (Å²) in [5.41, 5.74) is 6.17. The van der Waals surface area contributed by atoms with Gasteiger partial charge in [-0.25, -0.2) is 0 Å². The molecule has 0 atom stereocenters. The van der Waals surface area contributed by atoms with Crippen LogP contribution in [0.1, 0.15) is 35.7 Å². The van der Waals surface area contributed by atoms with Crippen LogP contribution in [0.4, 0.5) is 0 Å². The highest BCUT2D eigenvalue weighted by atomic mass is 79.9. The van der Waals surface area contributed by atoms with Crippen molar-refractivity contribution < 1.29 is 23.8 Å². The Morgan fingerprint density at radius 1 is 1.00 bits per heavy atom. The lowest BCUT2D eigenvalue weighted by Gasteiger charge is -2.13. The summed E-state index contributed by atoms with van der Waals surface area (Å²) in [4.78, 5) is 24.4. The van der Waals surface area contributed by atoms with Crippen molar-refractivity contribution in [2.45, 2.75) is 19.8 Å². The largest absolute Gasteiger partial charge is 0.490 e. The van der Waals surface area contributed by atoms with Crippen LogP contribution in [0.3, 0.4) is 0 Å². The summed E-state index contributed by atoms with van der Waals surface area (Å²) < 4.78 is 16.6. The summed E-state index contributed by atoms with van der Waals surface area (Å²) >= 11 is 3.32. The number of ether oxygens (including phenoxy) is 3. The van der Waals surface area contributed by atoms with Gasteiger partial charge in [0, 0.05) is 11.6 Å². The van der Waals surface area contributed by atoms with Gasteiger partial charge < -0.3 is 14.2 Å². The van der Waals surface area contributed by atoms with Gasteiger partial charge in [0.15, 0.2) is 6.61 Å². The number of carbonyl (C=O) groups excluding carboxylic acids is 2. The van der Waals surface area contributed by atoms with Crippen molar-refractivity contribution in [2.24, 2.45) is 0 Å². The number of methoxy groups -OCH3 is 1. The molecule has 2 aromatic rings. The molecule has 8 heteroatoms. The quantitative estimate of drug-likeness (QED) is 0.438. The Labute approximate surface area is 178 Å². The number of nitrogens with one attached hydrogen (secondary N) is 2. The molecule has 2 N–H and O–H groups in total. The summed E-state index contributed by atoms with van der Waals surface area (Å²) in [5, 5.41) is 0. The zero-order chi connectivity index (χ0) is 21.2. The molecule has 0 bridgehead atoms. The molecule has 0 spiro atoms. The summed E-state index contributed by atoms with van der Waals surface area (Å²) in [6, 6.07) is 12.6. The predicted molar refractivity (Wildman–Crippen MR) is 113 cm³/mol. The van der Waals surface area contributed by atoms with Crippen LogP contribution in [0, 0.1) is 0 Å². The van der Waals surface area contributed by atoms with E-state index in [9.17, 15) is 9.59 Å². The molecule has 29 heavy (non-hydrogen) atoms. The van der Waals surface area contributed by atoms with E-state index in [0.29, 0.717) is 35.1 Å². The second kappa shape index (κ2) is 11.4. The maximum Gasteiger partial charge on any atom is 0.276 e. The van der Waals surface area contributed by atoms with E-state index in [0.717, 1.165) is 0 Å². The second-order valence-electron chi connectivity index (χ2n) is 6.50. The smallest absolute Gasteiger partial charge is 0.276 e. The molecule has 0 unspecified atom stereocenters. The number of hydrogen-bond acceptors (Lipinski definition) is 5. The molecule has 0 radical (unpaired) electrons. The van der Waals surface area contributed by atoms with E-state index in [-0.39, 0.29) is 12.2 Å². The van der Waals surface area contributed by atoms with Crippen LogP contribution in [0.25, 0.3) is 0 Å². The summed E-state index contributed by atoms with van der Waals surface area (Å²) in [6.45, 7) is 4.67. The van der Waals surface area contributed by atoms with Gasteiger partial charge in [-0.1, -0.05) is 41.9 Å². The van der Waals surface area contributed by atoms with E-state index >= 15 is 0 Å². The standard InChI is InChI=1S/C21H25BrN2O5/c1-14(2)15-4-7-17(8-5-15)29-13-20(25)23-24-21(26)18-12-16(22)6-9-19(18)28-11-10-27-3/h4-9,12,14H,10-11,13H2,1-3H3,(H,23,25)(H,24,26). The van der Waals surface area contributed by atoms with Crippen molar-refractivity contribution in [1.82, 2.24) is 10.9 Å². The van der Waals surface area contributed by atoms with Crippen molar-refractivity contribution in [3.63, 3.8) is 0 Å². The van der Waals surface area contributed by atoms with Gasteiger partial charge in [-0.05, 0) is 41.8 Å². The fourth-order valence-corrected chi connectivity index (χ4v) is 2.73. The summed E-state index contributed by atoms with van der Waals surface area (Å²) in [7, 11) is 1.56. The maximum absolute atomic E-state index is 12.4. The molecule has 156 valence electrons. The van der Waals surface area contributed by atoms with Crippen LogP contribution in [-0.4, -0.2) is 38.7 Å². The number of halogens is 1. The Kier molecular flexibility index (Phi) is 8.95. The van der Waals surface area contributed by atoms with Crippen LogP contribution in [0.5, 0.6) is 11.5 Å². The zero-order valence-corrected chi connectivity index (χ0v) is 18.2. The number of hydrogen-bond donors (Lipinski definition) is 2. The maximum atomic E-state index is 12.4. The number of carbonyl (C=O) groups is 2. The van der Waals surface area contributed by atoms with Crippen molar-refractivity contribution in [3.05, 3.63) is 58.1 Å². The molecule has 0 fully saturated rings. The first kappa shape index (κ1) is 22.7. The predicted octanol–water partition coefficient (Wildman–Crippen LogP) is 3.44. The Morgan fingerprint density at radius 2 is 1.72 bits per heavy atom.